The molecule has 0 spiro atoms. The number of hydrogen-bond acceptors (Lipinski definition) is 3. The molecule has 0 bridgehead atoms. The lowest BCUT2D eigenvalue weighted by molar-refractivity contribution is 0.936. The molecule has 10 rings (SSSR count). The van der Waals surface area contributed by atoms with Gasteiger partial charge in [0.05, 0.1) is 22.8 Å². The Kier molecular flexibility index (Phi) is 8.42. The predicted octanol–water partition coefficient (Wildman–Crippen LogP) is 12.8. The minimum absolute atomic E-state index is 0.769. The first-order valence-corrected chi connectivity index (χ1v) is 19.1. The molecule has 0 unspecified atom stereocenters. The number of benzene rings is 6. The van der Waals surface area contributed by atoms with Crippen LogP contribution >= 0.6 is 0 Å². The third kappa shape index (κ3) is 6.32. The monoisotopic (exact) mass is 706 g/mol. The average molecular weight is 707 g/mol. The quantitative estimate of drug-likeness (QED) is 0.166. The molecular weight excluding hydrogens is 669 g/mol. The van der Waals surface area contributed by atoms with Gasteiger partial charge in [-0.05, 0) is 89.1 Å². The molecule has 0 N–H and O–H groups in total. The molecule has 0 amide bonds. The molecule has 8 aromatic rings. The Bertz CT molecular complexity index is 2770. The largest absolute Gasteiger partial charge is 0.293 e. The summed E-state index contributed by atoms with van der Waals surface area (Å²) in [5.41, 5.74) is 14.4. The number of para-hydroxylation sites is 1. The van der Waals surface area contributed by atoms with Crippen LogP contribution in [0.1, 0.15) is 36.5 Å². The van der Waals surface area contributed by atoms with Crippen LogP contribution in [0.3, 0.4) is 0 Å². The second kappa shape index (κ2) is 14.1. The van der Waals surface area contributed by atoms with E-state index in [-0.39, 0.29) is 0 Å². The summed E-state index contributed by atoms with van der Waals surface area (Å²) in [7, 11) is 0. The van der Waals surface area contributed by atoms with E-state index >= 15 is 0 Å². The second-order valence-electron chi connectivity index (χ2n) is 14.2. The molecule has 55 heavy (non-hydrogen) atoms. The van der Waals surface area contributed by atoms with Crippen molar-refractivity contribution in [3.8, 4) is 61.8 Å². The van der Waals surface area contributed by atoms with Crippen LogP contribution in [0.5, 0.6) is 0 Å². The molecule has 2 heterocycles. The molecule has 262 valence electrons. The fourth-order valence-electron chi connectivity index (χ4n) is 7.89. The first kappa shape index (κ1) is 32.7. The van der Waals surface area contributed by atoms with E-state index in [1.807, 2.05) is 6.07 Å². The summed E-state index contributed by atoms with van der Waals surface area (Å²) in [5, 5.41) is 2.44. The molecular formula is C51H38N4. The molecule has 0 saturated heterocycles. The van der Waals surface area contributed by atoms with Gasteiger partial charge in [0.2, 0.25) is 0 Å². The molecule has 0 saturated carbocycles. The van der Waals surface area contributed by atoms with Crippen molar-refractivity contribution in [3.63, 3.8) is 0 Å². The first-order chi connectivity index (χ1) is 27.2. The molecule has 4 heteroatoms. The van der Waals surface area contributed by atoms with E-state index in [2.05, 4.69) is 181 Å². The average Bonchev–Trinajstić information content (AvgIpc) is 3.67. The number of aryl methyl sites for hydroxylation is 1. The summed E-state index contributed by atoms with van der Waals surface area (Å²) in [6, 6.07) is 54.1. The third-order valence-corrected chi connectivity index (χ3v) is 10.7. The summed E-state index contributed by atoms with van der Waals surface area (Å²) in [6.07, 6.45) is 15.1. The van der Waals surface area contributed by atoms with E-state index in [4.69, 9.17) is 15.0 Å². The van der Waals surface area contributed by atoms with Crippen molar-refractivity contribution in [1.29, 1.82) is 0 Å². The van der Waals surface area contributed by atoms with Gasteiger partial charge in [-0.15, -0.1) is 0 Å². The van der Waals surface area contributed by atoms with E-state index in [0.29, 0.717) is 0 Å². The fraction of sp³-hybridized carbons (Fsp3) is 0.0784. The zero-order valence-corrected chi connectivity index (χ0v) is 30.4. The smallest absolute Gasteiger partial charge is 0.160 e. The molecule has 0 fully saturated rings. The van der Waals surface area contributed by atoms with Crippen LogP contribution in [0.15, 0.2) is 176 Å². The molecule has 4 nitrogen and oxygen atoms in total. The van der Waals surface area contributed by atoms with Gasteiger partial charge in [0.1, 0.15) is 5.82 Å². The van der Waals surface area contributed by atoms with Crippen molar-refractivity contribution in [2.24, 2.45) is 0 Å². The van der Waals surface area contributed by atoms with Crippen LogP contribution in [0.2, 0.25) is 0 Å². The van der Waals surface area contributed by atoms with E-state index < -0.39 is 0 Å². The molecule has 2 aliphatic carbocycles. The first-order valence-electron chi connectivity index (χ1n) is 19.1. The number of aromatic nitrogens is 4. The Balaban J connectivity index is 0.952. The third-order valence-electron chi connectivity index (χ3n) is 10.7. The maximum Gasteiger partial charge on any atom is 0.160 e. The van der Waals surface area contributed by atoms with E-state index in [9.17, 15) is 0 Å². The highest BCUT2D eigenvalue weighted by atomic mass is 15.1. The highest BCUT2D eigenvalue weighted by molar-refractivity contribution is 5.99. The van der Waals surface area contributed by atoms with Gasteiger partial charge in [-0.25, -0.2) is 15.0 Å². The van der Waals surface area contributed by atoms with Crippen LogP contribution in [0.25, 0.3) is 84.3 Å². The van der Waals surface area contributed by atoms with Crippen molar-refractivity contribution in [2.45, 2.75) is 25.7 Å². The minimum atomic E-state index is 0.769. The van der Waals surface area contributed by atoms with Crippen molar-refractivity contribution in [1.82, 2.24) is 19.5 Å². The highest BCUT2D eigenvalue weighted by Gasteiger charge is 2.20. The summed E-state index contributed by atoms with van der Waals surface area (Å²) in [6.45, 7) is 0. The molecule has 6 aromatic carbocycles. The minimum Gasteiger partial charge on any atom is -0.293 e. The number of imidazole rings is 1. The Morgan fingerprint density at radius 3 is 1.91 bits per heavy atom. The number of hydrogen-bond donors (Lipinski definition) is 0. The van der Waals surface area contributed by atoms with E-state index in [0.717, 1.165) is 82.4 Å². The number of allylic oxidation sites excluding steroid dienone is 5. The van der Waals surface area contributed by atoms with Gasteiger partial charge in [0.25, 0.3) is 0 Å². The molecule has 2 aliphatic rings. The zero-order chi connectivity index (χ0) is 36.6. The predicted molar refractivity (Wildman–Crippen MR) is 228 cm³/mol. The summed E-state index contributed by atoms with van der Waals surface area (Å²) < 4.78 is 2.30. The molecule has 0 radical (unpaired) electrons. The summed E-state index contributed by atoms with van der Waals surface area (Å²) >= 11 is 0. The van der Waals surface area contributed by atoms with Crippen molar-refractivity contribution in [3.05, 3.63) is 193 Å². The lowest BCUT2D eigenvalue weighted by atomic mass is 9.94. The Hall–Kier alpha value is -6.91. The standard InChI is InChI=1S/C51H38N4/c1-4-13-37(14-5-1)47-34-48(53-50(52-47)39-15-6-2-7-16-39)38-27-25-36(26-28-38)44-20-12-17-42-33-41(31-32-45(42)44)35-23-29-40(30-24-35)51-54-46-21-10-11-22-49(46)55(51)43-18-8-3-9-19-43/h1,3-6,8-9,11-20,22-34H,2,7,10,21H2. The normalized spacial score (nSPS) is 13.5. The van der Waals surface area contributed by atoms with Gasteiger partial charge in [0.15, 0.2) is 5.82 Å². The maximum atomic E-state index is 5.14. The van der Waals surface area contributed by atoms with Crippen LogP contribution in [-0.4, -0.2) is 19.5 Å². The lowest BCUT2D eigenvalue weighted by Crippen LogP contribution is -2.01. The van der Waals surface area contributed by atoms with Crippen LogP contribution in [-0.2, 0) is 6.42 Å². The van der Waals surface area contributed by atoms with Crippen molar-refractivity contribution in [2.75, 3.05) is 0 Å². The lowest BCUT2D eigenvalue weighted by Gasteiger charge is -2.13. The molecule has 0 atom stereocenters. The van der Waals surface area contributed by atoms with Crippen molar-refractivity contribution >= 4 is 22.4 Å². The van der Waals surface area contributed by atoms with Gasteiger partial charge >= 0.3 is 0 Å². The summed E-state index contributed by atoms with van der Waals surface area (Å²) in [5.74, 6) is 1.75. The second-order valence-corrected chi connectivity index (χ2v) is 14.2. The van der Waals surface area contributed by atoms with Gasteiger partial charge in [-0.3, -0.25) is 4.57 Å². The van der Waals surface area contributed by atoms with E-state index in [1.165, 1.54) is 38.7 Å². The Morgan fingerprint density at radius 2 is 1.15 bits per heavy atom. The van der Waals surface area contributed by atoms with Crippen LogP contribution < -0.4 is 0 Å². The number of nitrogens with zero attached hydrogens (tertiary/aromatic N) is 4. The highest BCUT2D eigenvalue weighted by Crippen LogP contribution is 2.36. The van der Waals surface area contributed by atoms with Gasteiger partial charge in [-0.1, -0.05) is 152 Å². The maximum absolute atomic E-state index is 5.14. The van der Waals surface area contributed by atoms with Crippen LogP contribution in [0, 0.1) is 0 Å². The van der Waals surface area contributed by atoms with Gasteiger partial charge in [-0.2, -0.15) is 0 Å². The topological polar surface area (TPSA) is 43.6 Å². The zero-order valence-electron chi connectivity index (χ0n) is 30.4. The Morgan fingerprint density at radius 1 is 0.473 bits per heavy atom. The van der Waals surface area contributed by atoms with Crippen LogP contribution in [0.4, 0.5) is 0 Å². The SMILES string of the molecule is C1=CC(c2nc(-c3ccccc3)cc(-c3ccc(-c4cccc5cc(-c6ccc(-c7nc8c(n7-c7ccccc7)C=CCC8)cc6)ccc45)cc3)n2)=CCC1. The molecule has 0 aliphatic heterocycles. The van der Waals surface area contributed by atoms with Crippen molar-refractivity contribution < 1.29 is 0 Å². The fourth-order valence-corrected chi connectivity index (χ4v) is 7.89. The number of fused-ring (bicyclic) bond motifs is 2. The van der Waals surface area contributed by atoms with Gasteiger partial charge in [0, 0.05) is 28.0 Å². The van der Waals surface area contributed by atoms with Gasteiger partial charge < -0.3 is 0 Å². The summed E-state index contributed by atoms with van der Waals surface area (Å²) in [4.78, 5) is 15.2. The Labute approximate surface area is 321 Å². The number of rotatable bonds is 7. The van der Waals surface area contributed by atoms with E-state index in [1.54, 1.807) is 0 Å². The molecule has 2 aromatic heterocycles.